The van der Waals surface area contributed by atoms with Crippen molar-refractivity contribution in [3.8, 4) is 22.9 Å². The van der Waals surface area contributed by atoms with Crippen molar-refractivity contribution < 1.29 is 4.79 Å². The van der Waals surface area contributed by atoms with E-state index in [2.05, 4.69) is 18.8 Å². The predicted octanol–water partition coefficient (Wildman–Crippen LogP) is 4.28. The molecule has 0 aliphatic heterocycles. The number of fused-ring (bicyclic) bond motifs is 1. The van der Waals surface area contributed by atoms with Gasteiger partial charge in [-0.1, -0.05) is 32.0 Å². The normalized spacial score (nSPS) is 15.3. The molecule has 0 unspecified atom stereocenters. The van der Waals surface area contributed by atoms with Gasteiger partial charge in [-0.2, -0.15) is 0 Å². The molecule has 29 heavy (non-hydrogen) atoms. The maximum absolute atomic E-state index is 12.5. The van der Waals surface area contributed by atoms with Gasteiger partial charge >= 0.3 is 0 Å². The van der Waals surface area contributed by atoms with Gasteiger partial charge in [0.2, 0.25) is 0 Å². The third-order valence-corrected chi connectivity index (χ3v) is 5.29. The van der Waals surface area contributed by atoms with Crippen molar-refractivity contribution in [3.63, 3.8) is 0 Å². The lowest BCUT2D eigenvalue weighted by Gasteiger charge is -2.29. The molecule has 0 fully saturated rings. The largest absolute Gasteiger partial charge is 0.294 e. The molecule has 1 aromatic carbocycles. The number of Topliss-reactive ketones (excluding diaryl/α,β-unsaturated/α-hetero) is 1. The monoisotopic (exact) mass is 383 g/mol. The van der Waals surface area contributed by atoms with Crippen LogP contribution in [-0.2, 0) is 6.42 Å². The lowest BCUT2D eigenvalue weighted by Crippen LogP contribution is -2.28. The van der Waals surface area contributed by atoms with Gasteiger partial charge in [0.1, 0.15) is 6.33 Å². The molecule has 144 valence electrons. The first kappa shape index (κ1) is 17.6. The van der Waals surface area contributed by atoms with Crippen molar-refractivity contribution in [1.29, 1.82) is 0 Å². The molecule has 0 saturated carbocycles. The zero-order valence-electron chi connectivity index (χ0n) is 16.4. The molecule has 3 aromatic heterocycles. The van der Waals surface area contributed by atoms with Gasteiger partial charge in [-0.25, -0.2) is 9.67 Å². The van der Waals surface area contributed by atoms with Gasteiger partial charge in [0.25, 0.3) is 0 Å². The molecule has 6 heteroatoms. The summed E-state index contributed by atoms with van der Waals surface area (Å²) in [4.78, 5) is 21.6. The number of hydrogen-bond acceptors (Lipinski definition) is 4. The summed E-state index contributed by atoms with van der Waals surface area (Å²) in [5.41, 5.74) is 4.17. The zero-order chi connectivity index (χ0) is 20.0. The Balaban J connectivity index is 1.67. The molecular formula is C23H21N5O. The molecule has 0 radical (unpaired) electrons. The molecule has 0 spiro atoms. The lowest BCUT2D eigenvalue weighted by atomic mass is 9.75. The summed E-state index contributed by atoms with van der Waals surface area (Å²) in [5, 5.41) is 4.79. The predicted molar refractivity (Wildman–Crippen MR) is 110 cm³/mol. The standard InChI is InChI=1S/C23H21N5O/c1-23(2)13-19-17(21(29)14-23)8-9-18(25-19)20-12-22(27-11-10-24-15-27)26-28(20)16-6-4-3-5-7-16/h3-12,15H,13-14H2,1-2H3. The molecule has 0 atom stereocenters. The van der Waals surface area contributed by atoms with Gasteiger partial charge in [-0.05, 0) is 36.1 Å². The summed E-state index contributed by atoms with van der Waals surface area (Å²) in [5.74, 6) is 0.934. The highest BCUT2D eigenvalue weighted by Crippen LogP contribution is 2.35. The second kappa shape index (κ2) is 6.51. The van der Waals surface area contributed by atoms with E-state index in [-0.39, 0.29) is 11.2 Å². The number of aromatic nitrogens is 5. The second-order valence-electron chi connectivity index (χ2n) is 8.24. The van der Waals surface area contributed by atoms with E-state index in [0.29, 0.717) is 6.42 Å². The average molecular weight is 383 g/mol. The smallest absolute Gasteiger partial charge is 0.165 e. The topological polar surface area (TPSA) is 65.6 Å². The molecule has 4 aromatic rings. The Morgan fingerprint density at radius 2 is 1.86 bits per heavy atom. The van der Waals surface area contributed by atoms with Crippen molar-refractivity contribution in [2.24, 2.45) is 5.41 Å². The van der Waals surface area contributed by atoms with Crippen LogP contribution in [0.25, 0.3) is 22.9 Å². The molecule has 6 nitrogen and oxygen atoms in total. The summed E-state index contributed by atoms with van der Waals surface area (Å²) in [6, 6.07) is 15.8. The van der Waals surface area contributed by atoms with Gasteiger partial charge in [0.15, 0.2) is 11.6 Å². The SMILES string of the molecule is CC1(C)CC(=O)c2ccc(-c3cc(-n4ccnc4)nn3-c3ccccc3)nc2C1. The van der Waals surface area contributed by atoms with E-state index in [4.69, 9.17) is 10.1 Å². The van der Waals surface area contributed by atoms with Crippen LogP contribution in [-0.4, -0.2) is 30.1 Å². The molecule has 0 bridgehead atoms. The van der Waals surface area contributed by atoms with E-state index in [1.807, 2.05) is 64.0 Å². The van der Waals surface area contributed by atoms with Crippen LogP contribution in [0.4, 0.5) is 0 Å². The molecule has 3 heterocycles. The number of imidazole rings is 1. The molecule has 0 saturated heterocycles. The van der Waals surface area contributed by atoms with E-state index in [1.54, 1.807) is 12.5 Å². The van der Waals surface area contributed by atoms with Crippen LogP contribution in [0.1, 0.15) is 36.3 Å². The Kier molecular flexibility index (Phi) is 3.94. The molecule has 0 N–H and O–H groups in total. The van der Waals surface area contributed by atoms with E-state index < -0.39 is 0 Å². The Hall–Kier alpha value is -3.54. The maximum Gasteiger partial charge on any atom is 0.165 e. The van der Waals surface area contributed by atoms with Crippen molar-refractivity contribution in [3.05, 3.63) is 78.5 Å². The zero-order valence-corrected chi connectivity index (χ0v) is 16.4. The number of pyridine rings is 1. The number of benzene rings is 1. The van der Waals surface area contributed by atoms with Gasteiger partial charge < -0.3 is 0 Å². The van der Waals surface area contributed by atoms with Crippen LogP contribution in [0.15, 0.2) is 67.3 Å². The highest BCUT2D eigenvalue weighted by atomic mass is 16.1. The second-order valence-corrected chi connectivity index (χ2v) is 8.24. The van der Waals surface area contributed by atoms with Crippen LogP contribution < -0.4 is 0 Å². The molecule has 1 aliphatic carbocycles. The molecule has 1 aliphatic rings. The van der Waals surface area contributed by atoms with Crippen LogP contribution in [0.5, 0.6) is 0 Å². The Morgan fingerprint density at radius 3 is 2.62 bits per heavy atom. The number of hydrogen-bond donors (Lipinski definition) is 0. The third kappa shape index (κ3) is 3.16. The maximum atomic E-state index is 12.5. The summed E-state index contributed by atoms with van der Waals surface area (Å²) in [6.45, 7) is 4.24. The minimum Gasteiger partial charge on any atom is -0.294 e. The number of carbonyl (C=O) groups is 1. The first-order valence-electron chi connectivity index (χ1n) is 9.67. The average Bonchev–Trinajstić information content (AvgIpc) is 3.37. The number of ketones is 1. The minimum atomic E-state index is -0.0721. The summed E-state index contributed by atoms with van der Waals surface area (Å²) < 4.78 is 3.76. The summed E-state index contributed by atoms with van der Waals surface area (Å²) >= 11 is 0. The third-order valence-electron chi connectivity index (χ3n) is 5.29. The highest BCUT2D eigenvalue weighted by molar-refractivity contribution is 5.98. The summed E-state index contributed by atoms with van der Waals surface area (Å²) in [7, 11) is 0. The van der Waals surface area contributed by atoms with Crippen LogP contribution in [0.3, 0.4) is 0 Å². The first-order valence-corrected chi connectivity index (χ1v) is 9.67. The fraction of sp³-hybridized carbons (Fsp3) is 0.217. The van der Waals surface area contributed by atoms with Crippen LogP contribution in [0.2, 0.25) is 0 Å². The molecule has 5 rings (SSSR count). The van der Waals surface area contributed by atoms with Crippen molar-refractivity contribution in [1.82, 2.24) is 24.3 Å². The summed E-state index contributed by atoms with van der Waals surface area (Å²) in [6.07, 6.45) is 6.67. The van der Waals surface area contributed by atoms with Crippen molar-refractivity contribution >= 4 is 5.78 Å². The van der Waals surface area contributed by atoms with Crippen LogP contribution >= 0.6 is 0 Å². The minimum absolute atomic E-state index is 0.0721. The van der Waals surface area contributed by atoms with Gasteiger partial charge in [0.05, 0.1) is 22.8 Å². The number of rotatable bonds is 3. The van der Waals surface area contributed by atoms with Gasteiger partial charge in [-0.15, -0.1) is 5.10 Å². The van der Waals surface area contributed by atoms with Gasteiger partial charge in [0, 0.05) is 30.4 Å². The van der Waals surface area contributed by atoms with E-state index >= 15 is 0 Å². The number of para-hydroxylation sites is 1. The van der Waals surface area contributed by atoms with E-state index in [9.17, 15) is 4.79 Å². The number of nitrogens with zero attached hydrogens (tertiary/aromatic N) is 5. The van der Waals surface area contributed by atoms with E-state index in [1.165, 1.54) is 0 Å². The molecular weight excluding hydrogens is 362 g/mol. The Labute approximate surface area is 168 Å². The Bertz CT molecular complexity index is 1190. The van der Waals surface area contributed by atoms with Crippen molar-refractivity contribution in [2.45, 2.75) is 26.7 Å². The highest BCUT2D eigenvalue weighted by Gasteiger charge is 2.32. The van der Waals surface area contributed by atoms with Gasteiger partial charge in [-0.3, -0.25) is 14.3 Å². The first-order chi connectivity index (χ1) is 14.0. The lowest BCUT2D eigenvalue weighted by molar-refractivity contribution is 0.0910. The van der Waals surface area contributed by atoms with Crippen LogP contribution in [0, 0.1) is 5.41 Å². The quantitative estimate of drug-likeness (QED) is 0.530. The van der Waals surface area contributed by atoms with E-state index in [0.717, 1.165) is 40.6 Å². The Morgan fingerprint density at radius 1 is 1.03 bits per heavy atom. The fourth-order valence-electron chi connectivity index (χ4n) is 3.92. The fourth-order valence-corrected chi connectivity index (χ4v) is 3.92. The molecule has 0 amide bonds. The van der Waals surface area contributed by atoms with Crippen molar-refractivity contribution in [2.75, 3.05) is 0 Å². The number of carbonyl (C=O) groups excluding carboxylic acids is 1.